The molecule has 0 unspecified atom stereocenters. The van der Waals surface area contributed by atoms with Crippen molar-refractivity contribution in [2.24, 2.45) is 0 Å². The van der Waals surface area contributed by atoms with Crippen LogP contribution in [-0.2, 0) is 13.0 Å². The zero-order chi connectivity index (χ0) is 12.1. The highest BCUT2D eigenvalue weighted by Gasteiger charge is 2.19. The largest absolute Gasteiger partial charge is 0.392 e. The van der Waals surface area contributed by atoms with Crippen molar-refractivity contribution < 1.29 is 5.11 Å². The summed E-state index contributed by atoms with van der Waals surface area (Å²) < 4.78 is 0. The van der Waals surface area contributed by atoms with Gasteiger partial charge in [-0.05, 0) is 48.4 Å². The molecule has 17 heavy (non-hydrogen) atoms. The lowest BCUT2D eigenvalue weighted by atomic mass is 9.90. The number of hydrogen-bond donors (Lipinski definition) is 2. The van der Waals surface area contributed by atoms with E-state index >= 15 is 0 Å². The molecule has 1 aliphatic heterocycles. The zero-order valence-electron chi connectivity index (χ0n) is 10.7. The van der Waals surface area contributed by atoms with Crippen LogP contribution in [0.1, 0.15) is 48.8 Å². The maximum absolute atomic E-state index is 9.23. The van der Waals surface area contributed by atoms with Crippen molar-refractivity contribution in [3.63, 3.8) is 0 Å². The lowest BCUT2D eigenvalue weighted by molar-refractivity contribution is 0.281. The molecule has 0 aromatic heterocycles. The lowest BCUT2D eigenvalue weighted by Gasteiger charge is -2.16. The van der Waals surface area contributed by atoms with Crippen molar-refractivity contribution in [3.8, 4) is 0 Å². The predicted octanol–water partition coefficient (Wildman–Crippen LogP) is 2.60. The van der Waals surface area contributed by atoms with Crippen molar-refractivity contribution in [3.05, 3.63) is 34.9 Å². The normalized spacial score (nSPS) is 19.8. The van der Waals surface area contributed by atoms with Crippen molar-refractivity contribution >= 4 is 0 Å². The number of aliphatic hydroxyl groups excluding tert-OH is 1. The van der Waals surface area contributed by atoms with Crippen LogP contribution in [0, 0.1) is 0 Å². The molecule has 0 aliphatic carbocycles. The Kier molecular flexibility index (Phi) is 4.57. The van der Waals surface area contributed by atoms with E-state index in [1.54, 1.807) is 0 Å². The van der Waals surface area contributed by atoms with Crippen molar-refractivity contribution in [1.82, 2.24) is 5.32 Å². The molecule has 1 fully saturated rings. The minimum absolute atomic E-state index is 0.155. The molecule has 0 bridgehead atoms. The highest BCUT2D eigenvalue weighted by Crippen LogP contribution is 2.27. The topological polar surface area (TPSA) is 32.3 Å². The molecule has 1 aromatic rings. The second-order valence-electron chi connectivity index (χ2n) is 4.98. The van der Waals surface area contributed by atoms with Crippen LogP contribution in [0.25, 0.3) is 0 Å². The number of hydrogen-bond acceptors (Lipinski definition) is 2. The summed E-state index contributed by atoms with van der Waals surface area (Å²) in [6, 6.07) is 6.50. The third-order valence-corrected chi connectivity index (χ3v) is 3.69. The molecule has 1 atom stereocenters. The summed E-state index contributed by atoms with van der Waals surface area (Å²) in [5, 5.41) is 12.7. The molecule has 2 N–H and O–H groups in total. The van der Waals surface area contributed by atoms with Crippen LogP contribution in [0.4, 0.5) is 0 Å². The molecule has 0 spiro atoms. The molecule has 1 saturated heterocycles. The van der Waals surface area contributed by atoms with Gasteiger partial charge in [0.15, 0.2) is 0 Å². The van der Waals surface area contributed by atoms with Crippen LogP contribution in [0.2, 0.25) is 0 Å². The minimum Gasteiger partial charge on any atom is -0.392 e. The molecule has 1 aliphatic rings. The third-order valence-electron chi connectivity index (χ3n) is 3.69. The van der Waals surface area contributed by atoms with E-state index in [1.807, 2.05) is 0 Å². The Morgan fingerprint density at radius 2 is 2.29 bits per heavy atom. The first kappa shape index (κ1) is 12.6. The monoisotopic (exact) mass is 233 g/mol. The summed E-state index contributed by atoms with van der Waals surface area (Å²) in [5.41, 5.74) is 4.00. The minimum atomic E-state index is 0.155. The number of aryl methyl sites for hydroxylation is 1. The molecule has 0 amide bonds. The quantitative estimate of drug-likeness (QED) is 0.819. The van der Waals surface area contributed by atoms with Crippen LogP contribution < -0.4 is 5.32 Å². The first-order valence-electron chi connectivity index (χ1n) is 6.78. The number of benzene rings is 1. The summed E-state index contributed by atoms with van der Waals surface area (Å²) in [5.74, 6) is 0.676. The first-order valence-corrected chi connectivity index (χ1v) is 6.78. The van der Waals surface area contributed by atoms with Crippen molar-refractivity contribution in [2.45, 2.75) is 45.1 Å². The Labute approximate surface area is 104 Å². The van der Waals surface area contributed by atoms with Crippen LogP contribution in [0.3, 0.4) is 0 Å². The highest BCUT2D eigenvalue weighted by atomic mass is 16.3. The van der Waals surface area contributed by atoms with E-state index in [0.717, 1.165) is 25.1 Å². The summed E-state index contributed by atoms with van der Waals surface area (Å²) >= 11 is 0. The standard InChI is InChI=1S/C15H23NO/c1-2-3-4-13-9-12(11-17)5-6-15(13)14-7-8-16-10-14/h5-6,9,14,16-17H,2-4,7-8,10-11H2,1H3/t14-/m0/s1. The lowest BCUT2D eigenvalue weighted by Crippen LogP contribution is -2.09. The Bertz CT molecular complexity index is 356. The van der Waals surface area contributed by atoms with Gasteiger partial charge in [0.25, 0.3) is 0 Å². The molecule has 0 radical (unpaired) electrons. The zero-order valence-corrected chi connectivity index (χ0v) is 10.7. The average molecular weight is 233 g/mol. The van der Waals surface area contributed by atoms with E-state index in [4.69, 9.17) is 0 Å². The first-order chi connectivity index (χ1) is 8.35. The fourth-order valence-electron chi connectivity index (χ4n) is 2.66. The molecule has 2 rings (SSSR count). The van der Waals surface area contributed by atoms with Gasteiger partial charge in [0.05, 0.1) is 6.61 Å². The Morgan fingerprint density at radius 3 is 2.94 bits per heavy atom. The fourth-order valence-corrected chi connectivity index (χ4v) is 2.66. The van der Waals surface area contributed by atoms with Gasteiger partial charge < -0.3 is 10.4 Å². The number of nitrogens with one attached hydrogen (secondary N) is 1. The smallest absolute Gasteiger partial charge is 0.0681 e. The Hall–Kier alpha value is -0.860. The molecule has 2 nitrogen and oxygen atoms in total. The molecule has 1 heterocycles. The van der Waals surface area contributed by atoms with E-state index in [9.17, 15) is 5.11 Å². The van der Waals surface area contributed by atoms with Gasteiger partial charge in [0.1, 0.15) is 0 Å². The van der Waals surface area contributed by atoms with Crippen LogP contribution in [0.5, 0.6) is 0 Å². The van der Waals surface area contributed by atoms with Gasteiger partial charge in [-0.15, -0.1) is 0 Å². The van der Waals surface area contributed by atoms with E-state index < -0.39 is 0 Å². The van der Waals surface area contributed by atoms with E-state index in [-0.39, 0.29) is 6.61 Å². The SMILES string of the molecule is CCCCc1cc(CO)ccc1[C@H]1CCNC1. The molecular formula is C15H23NO. The average Bonchev–Trinajstić information content (AvgIpc) is 2.89. The van der Waals surface area contributed by atoms with Crippen molar-refractivity contribution in [2.75, 3.05) is 13.1 Å². The number of aliphatic hydroxyl groups is 1. The van der Waals surface area contributed by atoms with Crippen LogP contribution in [0.15, 0.2) is 18.2 Å². The second kappa shape index (κ2) is 6.18. The van der Waals surface area contributed by atoms with Crippen molar-refractivity contribution in [1.29, 1.82) is 0 Å². The predicted molar refractivity (Wildman–Crippen MR) is 71.2 cm³/mol. The fraction of sp³-hybridized carbons (Fsp3) is 0.600. The van der Waals surface area contributed by atoms with E-state index in [1.165, 1.54) is 30.4 Å². The van der Waals surface area contributed by atoms with Gasteiger partial charge in [0, 0.05) is 6.54 Å². The summed E-state index contributed by atoms with van der Waals surface area (Å²) in [6.07, 6.45) is 4.86. The highest BCUT2D eigenvalue weighted by molar-refractivity contribution is 5.35. The molecule has 2 heteroatoms. The Balaban J connectivity index is 2.21. The van der Waals surface area contributed by atoms with Gasteiger partial charge in [0.2, 0.25) is 0 Å². The summed E-state index contributed by atoms with van der Waals surface area (Å²) in [6.45, 7) is 4.63. The van der Waals surface area contributed by atoms with Gasteiger partial charge in [-0.3, -0.25) is 0 Å². The third kappa shape index (κ3) is 3.08. The van der Waals surface area contributed by atoms with Gasteiger partial charge >= 0.3 is 0 Å². The summed E-state index contributed by atoms with van der Waals surface area (Å²) in [7, 11) is 0. The Morgan fingerprint density at radius 1 is 1.41 bits per heavy atom. The van der Waals surface area contributed by atoms with Gasteiger partial charge in [-0.1, -0.05) is 31.5 Å². The molecule has 0 saturated carbocycles. The molecular weight excluding hydrogens is 210 g/mol. The van der Waals surface area contributed by atoms with Crippen LogP contribution in [-0.4, -0.2) is 18.2 Å². The van der Waals surface area contributed by atoms with E-state index in [0.29, 0.717) is 5.92 Å². The molecule has 1 aromatic carbocycles. The van der Waals surface area contributed by atoms with Gasteiger partial charge in [-0.2, -0.15) is 0 Å². The van der Waals surface area contributed by atoms with E-state index in [2.05, 4.69) is 30.4 Å². The second-order valence-corrected chi connectivity index (χ2v) is 4.98. The summed E-state index contributed by atoms with van der Waals surface area (Å²) in [4.78, 5) is 0. The maximum atomic E-state index is 9.23. The number of unbranched alkanes of at least 4 members (excludes halogenated alkanes) is 1. The maximum Gasteiger partial charge on any atom is 0.0681 e. The molecule has 94 valence electrons. The van der Waals surface area contributed by atoms with Gasteiger partial charge in [-0.25, -0.2) is 0 Å². The number of rotatable bonds is 5. The van der Waals surface area contributed by atoms with Crippen LogP contribution >= 0.6 is 0 Å².